The standard InChI is InChI=1S/C19H24N4OS/c1-13-10-17(23(2)3)22-19(21-13)25-12-15-6-8-16(9-7-15)18(24)20-11-14-4-5-14/h6-10,14H,4-5,11-12H2,1-3H3,(H,20,24). The maximum Gasteiger partial charge on any atom is 0.251 e. The van der Waals surface area contributed by atoms with E-state index in [1.165, 1.54) is 12.8 Å². The first-order valence-electron chi connectivity index (χ1n) is 8.54. The Hall–Kier alpha value is -2.08. The van der Waals surface area contributed by atoms with Crippen LogP contribution in [0.4, 0.5) is 5.82 Å². The molecule has 0 saturated heterocycles. The van der Waals surface area contributed by atoms with E-state index in [4.69, 9.17) is 0 Å². The molecule has 6 heteroatoms. The number of aryl methyl sites for hydroxylation is 1. The van der Waals surface area contributed by atoms with E-state index >= 15 is 0 Å². The molecule has 0 aliphatic heterocycles. The first-order valence-corrected chi connectivity index (χ1v) is 9.53. The van der Waals surface area contributed by atoms with Gasteiger partial charge in [0.05, 0.1) is 0 Å². The number of thioether (sulfide) groups is 1. The third kappa shape index (κ3) is 5.19. The SMILES string of the molecule is Cc1cc(N(C)C)nc(SCc2ccc(C(=O)NCC3CC3)cc2)n1. The fraction of sp³-hybridized carbons (Fsp3) is 0.421. The molecule has 1 amide bonds. The van der Waals surface area contributed by atoms with Crippen molar-refractivity contribution < 1.29 is 4.79 Å². The van der Waals surface area contributed by atoms with Crippen LogP contribution in [0.25, 0.3) is 0 Å². The molecular formula is C19H24N4OS. The highest BCUT2D eigenvalue weighted by atomic mass is 32.2. The molecule has 5 nitrogen and oxygen atoms in total. The van der Waals surface area contributed by atoms with Gasteiger partial charge in [0.25, 0.3) is 5.91 Å². The highest BCUT2D eigenvalue weighted by Gasteiger charge is 2.21. The Morgan fingerprint density at radius 3 is 2.60 bits per heavy atom. The van der Waals surface area contributed by atoms with Gasteiger partial charge in [-0.05, 0) is 43.4 Å². The minimum Gasteiger partial charge on any atom is -0.363 e. The number of hydrogen-bond acceptors (Lipinski definition) is 5. The Bertz CT molecular complexity index is 742. The molecule has 2 aromatic rings. The van der Waals surface area contributed by atoms with Crippen molar-refractivity contribution in [3.05, 3.63) is 47.2 Å². The van der Waals surface area contributed by atoms with Crippen molar-refractivity contribution in [2.45, 2.75) is 30.7 Å². The van der Waals surface area contributed by atoms with Crippen molar-refractivity contribution in [3.63, 3.8) is 0 Å². The highest BCUT2D eigenvalue weighted by molar-refractivity contribution is 7.98. The predicted octanol–water partition coefficient (Wildman–Crippen LogP) is 3.28. The van der Waals surface area contributed by atoms with Gasteiger partial charge in [-0.25, -0.2) is 9.97 Å². The van der Waals surface area contributed by atoms with Crippen LogP contribution in [0.1, 0.15) is 34.5 Å². The van der Waals surface area contributed by atoms with Crippen LogP contribution in [0.15, 0.2) is 35.5 Å². The first-order chi connectivity index (χ1) is 12.0. The fourth-order valence-corrected chi connectivity index (χ4v) is 3.24. The van der Waals surface area contributed by atoms with Gasteiger partial charge in [0.1, 0.15) is 5.82 Å². The molecule has 1 N–H and O–H groups in total. The summed E-state index contributed by atoms with van der Waals surface area (Å²) in [6.45, 7) is 2.78. The number of benzene rings is 1. The second kappa shape index (κ2) is 7.87. The number of carbonyl (C=O) groups excluding carboxylic acids is 1. The molecule has 0 atom stereocenters. The van der Waals surface area contributed by atoms with Crippen LogP contribution in [-0.4, -0.2) is 36.5 Å². The number of nitrogens with zero attached hydrogens (tertiary/aromatic N) is 3. The Balaban J connectivity index is 1.57. The lowest BCUT2D eigenvalue weighted by Gasteiger charge is -2.12. The van der Waals surface area contributed by atoms with E-state index in [9.17, 15) is 4.79 Å². The minimum atomic E-state index is 0.0174. The molecule has 3 rings (SSSR count). The number of anilines is 1. The van der Waals surface area contributed by atoms with E-state index in [0.29, 0.717) is 5.92 Å². The zero-order valence-electron chi connectivity index (χ0n) is 15.0. The van der Waals surface area contributed by atoms with Gasteiger partial charge in [-0.3, -0.25) is 4.79 Å². The molecule has 1 saturated carbocycles. The topological polar surface area (TPSA) is 58.1 Å². The number of aromatic nitrogens is 2. The van der Waals surface area contributed by atoms with Crippen molar-refractivity contribution in [2.75, 3.05) is 25.5 Å². The van der Waals surface area contributed by atoms with Crippen LogP contribution < -0.4 is 10.2 Å². The van der Waals surface area contributed by atoms with Gasteiger partial charge >= 0.3 is 0 Å². The Morgan fingerprint density at radius 1 is 1.24 bits per heavy atom. The van der Waals surface area contributed by atoms with E-state index in [2.05, 4.69) is 15.3 Å². The Morgan fingerprint density at radius 2 is 1.96 bits per heavy atom. The molecule has 1 aliphatic rings. The van der Waals surface area contributed by atoms with Gasteiger partial charge in [-0.1, -0.05) is 23.9 Å². The molecule has 0 spiro atoms. The average Bonchev–Trinajstić information content (AvgIpc) is 3.42. The van der Waals surface area contributed by atoms with E-state index < -0.39 is 0 Å². The highest BCUT2D eigenvalue weighted by Crippen LogP contribution is 2.27. The first kappa shape index (κ1) is 17.7. The summed E-state index contributed by atoms with van der Waals surface area (Å²) in [5.74, 6) is 2.41. The maximum atomic E-state index is 12.1. The third-order valence-corrected chi connectivity index (χ3v) is 5.03. The number of hydrogen-bond donors (Lipinski definition) is 1. The maximum absolute atomic E-state index is 12.1. The lowest BCUT2D eigenvalue weighted by Crippen LogP contribution is -2.25. The van der Waals surface area contributed by atoms with E-state index in [1.54, 1.807) is 11.8 Å². The smallest absolute Gasteiger partial charge is 0.251 e. The van der Waals surface area contributed by atoms with E-state index in [0.717, 1.165) is 40.1 Å². The van der Waals surface area contributed by atoms with Crippen LogP contribution >= 0.6 is 11.8 Å². The van der Waals surface area contributed by atoms with E-state index in [1.807, 2.05) is 56.3 Å². The lowest BCUT2D eigenvalue weighted by molar-refractivity contribution is 0.0952. The second-order valence-electron chi connectivity index (χ2n) is 6.68. The largest absolute Gasteiger partial charge is 0.363 e. The average molecular weight is 356 g/mol. The zero-order chi connectivity index (χ0) is 17.8. The van der Waals surface area contributed by atoms with Crippen LogP contribution in [0, 0.1) is 12.8 Å². The number of amides is 1. The molecule has 1 aromatic carbocycles. The normalized spacial score (nSPS) is 13.6. The Labute approximate surface area is 153 Å². The molecular weight excluding hydrogens is 332 g/mol. The third-order valence-electron chi connectivity index (χ3n) is 4.11. The molecule has 0 unspecified atom stereocenters. The fourth-order valence-electron chi connectivity index (χ4n) is 2.38. The summed E-state index contributed by atoms with van der Waals surface area (Å²) in [6, 6.07) is 9.75. The zero-order valence-corrected chi connectivity index (χ0v) is 15.8. The predicted molar refractivity (Wildman–Crippen MR) is 102 cm³/mol. The van der Waals surface area contributed by atoms with Crippen LogP contribution in [-0.2, 0) is 5.75 Å². The van der Waals surface area contributed by atoms with Gasteiger partial charge in [-0.15, -0.1) is 0 Å². The second-order valence-corrected chi connectivity index (χ2v) is 7.63. The molecule has 132 valence electrons. The molecule has 25 heavy (non-hydrogen) atoms. The quantitative estimate of drug-likeness (QED) is 0.609. The van der Waals surface area contributed by atoms with Gasteiger partial charge in [-0.2, -0.15) is 0 Å². The van der Waals surface area contributed by atoms with Crippen molar-refractivity contribution in [3.8, 4) is 0 Å². The summed E-state index contributed by atoms with van der Waals surface area (Å²) < 4.78 is 0. The van der Waals surface area contributed by atoms with Gasteiger partial charge < -0.3 is 10.2 Å². The summed E-state index contributed by atoms with van der Waals surface area (Å²) >= 11 is 1.61. The van der Waals surface area contributed by atoms with Gasteiger partial charge in [0.2, 0.25) is 0 Å². The van der Waals surface area contributed by atoms with Crippen molar-refractivity contribution in [1.29, 1.82) is 0 Å². The van der Waals surface area contributed by atoms with Crippen LogP contribution in [0.2, 0.25) is 0 Å². The molecule has 1 fully saturated rings. The minimum absolute atomic E-state index is 0.0174. The molecule has 0 radical (unpaired) electrons. The molecule has 0 bridgehead atoms. The summed E-state index contributed by atoms with van der Waals surface area (Å²) in [5.41, 5.74) is 2.83. The van der Waals surface area contributed by atoms with Crippen molar-refractivity contribution in [1.82, 2.24) is 15.3 Å². The summed E-state index contributed by atoms with van der Waals surface area (Å²) in [6.07, 6.45) is 2.49. The monoisotopic (exact) mass is 356 g/mol. The van der Waals surface area contributed by atoms with Crippen LogP contribution in [0.3, 0.4) is 0 Å². The molecule has 1 heterocycles. The lowest BCUT2D eigenvalue weighted by atomic mass is 10.1. The molecule has 1 aliphatic carbocycles. The number of carbonyl (C=O) groups is 1. The number of nitrogens with one attached hydrogen (secondary N) is 1. The van der Waals surface area contributed by atoms with Gasteiger partial charge in [0, 0.05) is 43.7 Å². The number of rotatable bonds is 7. The van der Waals surface area contributed by atoms with E-state index in [-0.39, 0.29) is 5.91 Å². The van der Waals surface area contributed by atoms with Crippen molar-refractivity contribution in [2.24, 2.45) is 5.92 Å². The summed E-state index contributed by atoms with van der Waals surface area (Å²) in [5, 5.41) is 3.77. The summed E-state index contributed by atoms with van der Waals surface area (Å²) in [4.78, 5) is 23.1. The van der Waals surface area contributed by atoms with Gasteiger partial charge in [0.15, 0.2) is 5.16 Å². The molecule has 1 aromatic heterocycles. The summed E-state index contributed by atoms with van der Waals surface area (Å²) in [7, 11) is 3.95. The van der Waals surface area contributed by atoms with Crippen molar-refractivity contribution >= 4 is 23.5 Å². The van der Waals surface area contributed by atoms with Crippen LogP contribution in [0.5, 0.6) is 0 Å². The Kier molecular flexibility index (Phi) is 5.58.